The molecule has 1 atom stereocenters. The fourth-order valence-corrected chi connectivity index (χ4v) is 4.57. The zero-order valence-electron chi connectivity index (χ0n) is 13.2. The Morgan fingerprint density at radius 1 is 1.21 bits per heavy atom. The van der Waals surface area contributed by atoms with Crippen LogP contribution in [-0.2, 0) is 16.8 Å². The van der Waals surface area contributed by atoms with Crippen LogP contribution in [0, 0.1) is 0 Å². The van der Waals surface area contributed by atoms with Gasteiger partial charge in [-0.05, 0) is 36.3 Å². The maximum atomic E-state index is 13.0. The molecule has 2 aliphatic rings. The Labute approximate surface area is 144 Å². The third-order valence-corrected chi connectivity index (χ3v) is 5.72. The first-order valence-electron chi connectivity index (χ1n) is 8.13. The summed E-state index contributed by atoms with van der Waals surface area (Å²) in [6.45, 7) is 0.292. The van der Waals surface area contributed by atoms with E-state index in [-0.39, 0.29) is 11.9 Å². The van der Waals surface area contributed by atoms with Crippen LogP contribution in [0.15, 0.2) is 47.9 Å². The molecule has 2 aromatic rings. The van der Waals surface area contributed by atoms with Gasteiger partial charge in [-0.15, -0.1) is 11.3 Å². The lowest BCUT2D eigenvalue weighted by Gasteiger charge is -2.31. The van der Waals surface area contributed by atoms with E-state index in [2.05, 4.69) is 5.32 Å². The Bertz CT molecular complexity index is 812. The van der Waals surface area contributed by atoms with Crippen LogP contribution < -0.4 is 5.32 Å². The van der Waals surface area contributed by atoms with E-state index in [4.69, 9.17) is 0 Å². The van der Waals surface area contributed by atoms with E-state index in [1.165, 1.54) is 9.78 Å². The number of urea groups is 1. The maximum Gasteiger partial charge on any atom is 0.325 e. The number of nitrogens with one attached hydrogen (secondary N) is 1. The molecule has 1 saturated heterocycles. The van der Waals surface area contributed by atoms with Crippen molar-refractivity contribution < 1.29 is 9.59 Å². The second-order valence-electron chi connectivity index (χ2n) is 6.18. The largest absolute Gasteiger partial charge is 0.325 e. The molecule has 0 radical (unpaired) electrons. The molecule has 0 saturated carbocycles. The van der Waals surface area contributed by atoms with Crippen molar-refractivity contribution in [2.45, 2.75) is 24.8 Å². The highest BCUT2D eigenvalue weighted by molar-refractivity contribution is 7.10. The summed E-state index contributed by atoms with van der Waals surface area (Å²) >= 11 is 1.67. The summed E-state index contributed by atoms with van der Waals surface area (Å²) in [6, 6.07) is 11.5. The number of carbonyl (C=O) groups is 2. The molecule has 1 fully saturated rings. The van der Waals surface area contributed by atoms with E-state index in [0.717, 1.165) is 24.0 Å². The minimum Gasteiger partial charge on any atom is -0.319 e. The Morgan fingerprint density at radius 3 is 2.88 bits per heavy atom. The van der Waals surface area contributed by atoms with Crippen molar-refractivity contribution in [3.63, 3.8) is 0 Å². The van der Waals surface area contributed by atoms with E-state index in [9.17, 15) is 9.59 Å². The van der Waals surface area contributed by atoms with Crippen LogP contribution in [0.25, 0.3) is 6.08 Å². The highest BCUT2D eigenvalue weighted by Gasteiger charge is 2.53. The third kappa shape index (κ3) is 2.36. The standard InChI is InChI=1S/C19H18N2O2S/c22-17-19(11-4-9-16-15(19)10-13-24-16)20-18(23)21(17)12-5-8-14-6-2-1-3-7-14/h1-3,5-8,10,13H,4,9,11-12H2,(H,20,23). The average Bonchev–Trinajstić information content (AvgIpc) is 3.16. The van der Waals surface area contributed by atoms with Crippen LogP contribution in [0.4, 0.5) is 4.79 Å². The summed E-state index contributed by atoms with van der Waals surface area (Å²) in [5, 5.41) is 4.98. The Hall–Kier alpha value is -2.40. The number of aryl methyl sites for hydroxylation is 1. The highest BCUT2D eigenvalue weighted by Crippen LogP contribution is 2.42. The van der Waals surface area contributed by atoms with Crippen LogP contribution in [0.2, 0.25) is 0 Å². The second kappa shape index (κ2) is 5.91. The van der Waals surface area contributed by atoms with Gasteiger partial charge in [0.1, 0.15) is 5.54 Å². The fraction of sp³-hybridized carbons (Fsp3) is 0.263. The molecule has 3 amide bonds. The Morgan fingerprint density at radius 2 is 2.04 bits per heavy atom. The van der Waals surface area contributed by atoms with Gasteiger partial charge in [-0.1, -0.05) is 42.5 Å². The predicted octanol–water partition coefficient (Wildman–Crippen LogP) is 3.54. The zero-order chi connectivity index (χ0) is 16.6. The molecular weight excluding hydrogens is 320 g/mol. The quantitative estimate of drug-likeness (QED) is 0.870. The summed E-state index contributed by atoms with van der Waals surface area (Å²) in [4.78, 5) is 27.9. The van der Waals surface area contributed by atoms with Crippen molar-refractivity contribution >= 4 is 29.4 Å². The monoisotopic (exact) mass is 338 g/mol. The molecule has 1 aliphatic heterocycles. The Kier molecular flexibility index (Phi) is 3.73. The van der Waals surface area contributed by atoms with Gasteiger partial charge in [-0.25, -0.2) is 4.79 Å². The van der Waals surface area contributed by atoms with Gasteiger partial charge in [0.05, 0.1) is 0 Å². The average molecular weight is 338 g/mol. The smallest absolute Gasteiger partial charge is 0.319 e. The normalized spacial score (nSPS) is 23.1. The topological polar surface area (TPSA) is 49.4 Å². The molecule has 1 aliphatic carbocycles. The molecule has 2 heterocycles. The van der Waals surface area contributed by atoms with Crippen molar-refractivity contribution in [1.82, 2.24) is 10.2 Å². The molecule has 1 aromatic heterocycles. The van der Waals surface area contributed by atoms with Gasteiger partial charge in [0.15, 0.2) is 0 Å². The number of fused-ring (bicyclic) bond motifs is 2. The van der Waals surface area contributed by atoms with Crippen molar-refractivity contribution in [3.8, 4) is 0 Å². The molecule has 122 valence electrons. The summed E-state index contributed by atoms with van der Waals surface area (Å²) in [7, 11) is 0. The number of rotatable bonds is 3. The molecule has 0 bridgehead atoms. The summed E-state index contributed by atoms with van der Waals surface area (Å²) < 4.78 is 0. The van der Waals surface area contributed by atoms with Crippen LogP contribution in [0.1, 0.15) is 28.8 Å². The van der Waals surface area contributed by atoms with E-state index >= 15 is 0 Å². The maximum absolute atomic E-state index is 13.0. The predicted molar refractivity (Wildman–Crippen MR) is 94.7 cm³/mol. The lowest BCUT2D eigenvalue weighted by atomic mass is 9.80. The third-order valence-electron chi connectivity index (χ3n) is 4.73. The Balaban J connectivity index is 1.56. The highest BCUT2D eigenvalue weighted by atomic mass is 32.1. The molecule has 5 heteroatoms. The molecule has 24 heavy (non-hydrogen) atoms. The number of thiophene rings is 1. The molecular formula is C19H18N2O2S. The van der Waals surface area contributed by atoms with Gasteiger partial charge in [0, 0.05) is 17.0 Å². The number of hydrogen-bond acceptors (Lipinski definition) is 3. The van der Waals surface area contributed by atoms with Gasteiger partial charge >= 0.3 is 6.03 Å². The number of carbonyl (C=O) groups excluding carboxylic acids is 2. The lowest BCUT2D eigenvalue weighted by molar-refractivity contribution is -0.131. The molecule has 1 spiro atoms. The first-order valence-corrected chi connectivity index (χ1v) is 9.01. The summed E-state index contributed by atoms with van der Waals surface area (Å²) in [5.41, 5.74) is 1.20. The van der Waals surface area contributed by atoms with E-state index in [0.29, 0.717) is 13.0 Å². The molecule has 4 nitrogen and oxygen atoms in total. The van der Waals surface area contributed by atoms with Gasteiger partial charge in [-0.3, -0.25) is 9.69 Å². The summed E-state index contributed by atoms with van der Waals surface area (Å²) in [6.07, 6.45) is 6.39. The lowest BCUT2D eigenvalue weighted by Crippen LogP contribution is -2.46. The van der Waals surface area contributed by atoms with Gasteiger partial charge in [0.25, 0.3) is 5.91 Å². The van der Waals surface area contributed by atoms with Gasteiger partial charge in [0.2, 0.25) is 0 Å². The van der Waals surface area contributed by atoms with E-state index in [1.54, 1.807) is 11.3 Å². The first kappa shape index (κ1) is 15.1. The van der Waals surface area contributed by atoms with Gasteiger partial charge in [-0.2, -0.15) is 0 Å². The molecule has 1 unspecified atom stereocenters. The minimum absolute atomic E-state index is 0.121. The van der Waals surface area contributed by atoms with Crippen LogP contribution in [0.5, 0.6) is 0 Å². The number of benzene rings is 1. The second-order valence-corrected chi connectivity index (χ2v) is 7.18. The molecule has 1 aromatic carbocycles. The van der Waals surface area contributed by atoms with E-state index < -0.39 is 5.54 Å². The van der Waals surface area contributed by atoms with Crippen molar-refractivity contribution in [1.29, 1.82) is 0 Å². The van der Waals surface area contributed by atoms with Crippen LogP contribution >= 0.6 is 11.3 Å². The van der Waals surface area contributed by atoms with Crippen molar-refractivity contribution in [2.75, 3.05) is 6.54 Å². The fourth-order valence-electron chi connectivity index (χ4n) is 3.57. The number of hydrogen-bond donors (Lipinski definition) is 1. The van der Waals surface area contributed by atoms with Crippen molar-refractivity contribution in [3.05, 3.63) is 63.9 Å². The zero-order valence-corrected chi connectivity index (χ0v) is 14.0. The SMILES string of the molecule is O=C1NC2(CCCc3sccc32)C(=O)N1CC=Cc1ccccc1. The molecule has 1 N–H and O–H groups in total. The summed E-state index contributed by atoms with van der Waals surface area (Å²) in [5.74, 6) is -0.121. The number of amides is 3. The molecule has 4 rings (SSSR count). The van der Waals surface area contributed by atoms with Crippen molar-refractivity contribution in [2.24, 2.45) is 0 Å². The van der Waals surface area contributed by atoms with E-state index in [1.807, 2.05) is 53.9 Å². The number of nitrogens with zero attached hydrogens (tertiary/aromatic N) is 1. The first-order chi connectivity index (χ1) is 11.7. The minimum atomic E-state index is -0.842. The van der Waals surface area contributed by atoms with Crippen LogP contribution in [0.3, 0.4) is 0 Å². The van der Waals surface area contributed by atoms with Crippen LogP contribution in [-0.4, -0.2) is 23.4 Å². The number of imide groups is 1. The van der Waals surface area contributed by atoms with Gasteiger partial charge < -0.3 is 5.32 Å².